The highest BCUT2D eigenvalue weighted by molar-refractivity contribution is 5.87. The summed E-state index contributed by atoms with van der Waals surface area (Å²) in [5, 5.41) is 2.46. The van der Waals surface area contributed by atoms with Gasteiger partial charge >= 0.3 is 0 Å². The molecule has 114 valence electrons. The molecule has 0 saturated heterocycles. The van der Waals surface area contributed by atoms with E-state index in [2.05, 4.69) is 60.4 Å². The molecule has 2 heteroatoms. The predicted octanol–water partition coefficient (Wildman–Crippen LogP) is 5.35. The van der Waals surface area contributed by atoms with Crippen LogP contribution in [0.4, 0.5) is 0 Å². The molecule has 0 atom stereocenters. The maximum atomic E-state index is 4.77. The molecule has 23 heavy (non-hydrogen) atoms. The van der Waals surface area contributed by atoms with Crippen LogP contribution in [0.15, 0.2) is 66.7 Å². The predicted molar refractivity (Wildman–Crippen MR) is 96.8 cm³/mol. The van der Waals surface area contributed by atoms with Crippen molar-refractivity contribution in [3.05, 3.63) is 83.8 Å². The minimum atomic E-state index is 0.768. The Balaban J connectivity index is 2.27. The van der Waals surface area contributed by atoms with E-state index in [0.29, 0.717) is 0 Å². The standard InChI is InChI=1S/C21H20N2/c1-15-8-4-5-9-16(2)22-17(3)23-21(15)20-13-12-18-10-6-7-11-19(18)14-20/h4-14H,1-3H3. The smallest absolute Gasteiger partial charge is 0.126 e. The highest BCUT2D eigenvalue weighted by Crippen LogP contribution is 2.24. The highest BCUT2D eigenvalue weighted by Gasteiger charge is 2.03. The molecule has 3 aromatic rings. The van der Waals surface area contributed by atoms with Crippen molar-refractivity contribution in [1.29, 1.82) is 0 Å². The Morgan fingerprint density at radius 2 is 1.35 bits per heavy atom. The topological polar surface area (TPSA) is 25.8 Å². The first-order chi connectivity index (χ1) is 11.1. The Kier molecular flexibility index (Phi) is 4.33. The van der Waals surface area contributed by atoms with E-state index in [4.69, 9.17) is 4.98 Å². The minimum absolute atomic E-state index is 0.768. The van der Waals surface area contributed by atoms with Crippen LogP contribution in [0.1, 0.15) is 17.1 Å². The minimum Gasteiger partial charge on any atom is -0.239 e. The first kappa shape index (κ1) is 15.2. The second-order valence-electron chi connectivity index (χ2n) is 5.72. The lowest BCUT2D eigenvalue weighted by atomic mass is 10.0. The largest absolute Gasteiger partial charge is 0.239 e. The summed E-state index contributed by atoms with van der Waals surface area (Å²) in [5.74, 6) is 0.768. The van der Waals surface area contributed by atoms with Crippen LogP contribution in [-0.2, 0) is 0 Å². The van der Waals surface area contributed by atoms with Gasteiger partial charge in [0.15, 0.2) is 0 Å². The van der Waals surface area contributed by atoms with Crippen LogP contribution >= 0.6 is 0 Å². The molecule has 0 aliphatic carbocycles. The molecule has 0 radical (unpaired) electrons. The van der Waals surface area contributed by atoms with Crippen molar-refractivity contribution >= 4 is 10.8 Å². The van der Waals surface area contributed by atoms with Crippen molar-refractivity contribution in [2.45, 2.75) is 20.8 Å². The first-order valence-electron chi connectivity index (χ1n) is 7.79. The van der Waals surface area contributed by atoms with Gasteiger partial charge in [0.2, 0.25) is 0 Å². The van der Waals surface area contributed by atoms with E-state index in [9.17, 15) is 0 Å². The van der Waals surface area contributed by atoms with Crippen molar-refractivity contribution < 1.29 is 0 Å². The number of fused-ring (bicyclic) bond motifs is 1. The zero-order valence-electron chi connectivity index (χ0n) is 13.7. The third-order valence-corrected chi connectivity index (χ3v) is 3.80. The van der Waals surface area contributed by atoms with Crippen LogP contribution in [0.25, 0.3) is 22.0 Å². The van der Waals surface area contributed by atoms with E-state index in [1.807, 2.05) is 32.0 Å². The molecule has 0 N–H and O–H groups in total. The third-order valence-electron chi connectivity index (χ3n) is 3.80. The van der Waals surface area contributed by atoms with Gasteiger partial charge in [0.25, 0.3) is 0 Å². The Bertz CT molecular complexity index is 912. The van der Waals surface area contributed by atoms with Gasteiger partial charge in [0.1, 0.15) is 5.82 Å². The summed E-state index contributed by atoms with van der Waals surface area (Å²) in [6.07, 6.45) is 0. The molecular weight excluding hydrogens is 280 g/mol. The van der Waals surface area contributed by atoms with Crippen LogP contribution in [0.5, 0.6) is 0 Å². The lowest BCUT2D eigenvalue weighted by Gasteiger charge is -2.06. The zero-order chi connectivity index (χ0) is 16.2. The molecular formula is C21H20N2. The molecule has 0 aliphatic heterocycles. The van der Waals surface area contributed by atoms with Crippen molar-refractivity contribution in [1.82, 2.24) is 9.97 Å². The van der Waals surface area contributed by atoms with Gasteiger partial charge in [-0.25, -0.2) is 9.97 Å². The third kappa shape index (κ3) is 3.54. The fraction of sp³-hybridized carbons (Fsp3) is 0.143. The maximum Gasteiger partial charge on any atom is 0.126 e. The number of aryl methyl sites for hydroxylation is 3. The molecule has 0 aliphatic rings. The lowest BCUT2D eigenvalue weighted by molar-refractivity contribution is 1.04. The molecule has 2 aromatic carbocycles. The van der Waals surface area contributed by atoms with Gasteiger partial charge in [0, 0.05) is 11.3 Å². The van der Waals surface area contributed by atoms with Gasteiger partial charge in [-0.15, -0.1) is 0 Å². The maximum absolute atomic E-state index is 4.77. The second-order valence-corrected chi connectivity index (χ2v) is 5.72. The summed E-state index contributed by atoms with van der Waals surface area (Å²) in [6.45, 7) is 6.01. The van der Waals surface area contributed by atoms with Gasteiger partial charge in [0.05, 0.1) is 5.69 Å². The van der Waals surface area contributed by atoms with E-state index in [-0.39, 0.29) is 0 Å². The van der Waals surface area contributed by atoms with Gasteiger partial charge < -0.3 is 0 Å². The number of hydrogen-bond acceptors (Lipinski definition) is 2. The number of benzene rings is 2. The van der Waals surface area contributed by atoms with E-state index < -0.39 is 0 Å². The summed E-state index contributed by atoms with van der Waals surface area (Å²) in [6, 6.07) is 23.0. The Morgan fingerprint density at radius 1 is 0.652 bits per heavy atom. The van der Waals surface area contributed by atoms with Gasteiger partial charge in [-0.3, -0.25) is 0 Å². The SMILES string of the molecule is Cc1ccccc(C)c(-c2ccc3ccccc3c2)nc(C)n1. The van der Waals surface area contributed by atoms with Gasteiger partial charge in [-0.1, -0.05) is 54.6 Å². The second kappa shape index (κ2) is 6.57. The average Bonchev–Trinajstić information content (AvgIpc) is 2.55. The van der Waals surface area contributed by atoms with Crippen molar-refractivity contribution in [3.8, 4) is 11.3 Å². The van der Waals surface area contributed by atoms with Crippen LogP contribution in [0.3, 0.4) is 0 Å². The molecule has 0 fully saturated rings. The van der Waals surface area contributed by atoms with Crippen LogP contribution in [-0.4, -0.2) is 9.97 Å². The zero-order valence-corrected chi connectivity index (χ0v) is 13.7. The number of aromatic nitrogens is 2. The molecule has 0 bridgehead atoms. The summed E-state index contributed by atoms with van der Waals surface area (Å²) < 4.78 is 0. The Labute approximate surface area is 137 Å². The van der Waals surface area contributed by atoms with E-state index >= 15 is 0 Å². The number of hydrogen-bond donors (Lipinski definition) is 0. The molecule has 0 amide bonds. The fourth-order valence-corrected chi connectivity index (χ4v) is 2.67. The fourth-order valence-electron chi connectivity index (χ4n) is 2.67. The van der Waals surface area contributed by atoms with E-state index in [1.54, 1.807) is 0 Å². The monoisotopic (exact) mass is 300 g/mol. The van der Waals surface area contributed by atoms with Gasteiger partial charge in [-0.05, 0) is 49.2 Å². The van der Waals surface area contributed by atoms with Crippen molar-refractivity contribution in [3.63, 3.8) is 0 Å². The van der Waals surface area contributed by atoms with Crippen LogP contribution < -0.4 is 0 Å². The average molecular weight is 300 g/mol. The molecule has 0 spiro atoms. The Hall–Kier alpha value is -2.74. The van der Waals surface area contributed by atoms with Gasteiger partial charge in [-0.2, -0.15) is 0 Å². The summed E-state index contributed by atoms with van der Waals surface area (Å²) in [4.78, 5) is 9.29. The molecule has 0 unspecified atom stereocenters. The summed E-state index contributed by atoms with van der Waals surface area (Å²) >= 11 is 0. The van der Waals surface area contributed by atoms with Crippen LogP contribution in [0.2, 0.25) is 0 Å². The van der Waals surface area contributed by atoms with Crippen LogP contribution in [0, 0.1) is 20.8 Å². The Morgan fingerprint density at radius 3 is 2.17 bits per heavy atom. The normalized spacial score (nSPS) is 10.4. The molecule has 3 rings (SSSR count). The molecule has 1 aromatic heterocycles. The first-order valence-corrected chi connectivity index (χ1v) is 7.79. The van der Waals surface area contributed by atoms with Crippen molar-refractivity contribution in [2.75, 3.05) is 0 Å². The molecule has 0 saturated carbocycles. The quantitative estimate of drug-likeness (QED) is 0.605. The summed E-state index contributed by atoms with van der Waals surface area (Å²) in [7, 11) is 0. The molecule has 2 nitrogen and oxygen atoms in total. The van der Waals surface area contributed by atoms with Crippen molar-refractivity contribution in [2.24, 2.45) is 0 Å². The molecule has 1 heterocycles. The number of rotatable bonds is 1. The van der Waals surface area contributed by atoms with E-state index in [0.717, 1.165) is 28.3 Å². The van der Waals surface area contributed by atoms with E-state index in [1.165, 1.54) is 10.8 Å². The summed E-state index contributed by atoms with van der Waals surface area (Å²) in [5.41, 5.74) is 4.16. The number of nitrogens with zero attached hydrogens (tertiary/aromatic N) is 2. The highest BCUT2D eigenvalue weighted by atomic mass is 14.9. The lowest BCUT2D eigenvalue weighted by Crippen LogP contribution is -1.91.